The summed E-state index contributed by atoms with van der Waals surface area (Å²) in [7, 11) is 0. The largest absolute Gasteiger partial charge is 0.365 e. The van der Waals surface area contributed by atoms with Crippen molar-refractivity contribution in [1.82, 2.24) is 19.5 Å². The van der Waals surface area contributed by atoms with Gasteiger partial charge in [-0.2, -0.15) is 0 Å². The molecule has 0 bridgehead atoms. The van der Waals surface area contributed by atoms with E-state index in [1.54, 1.807) is 30.9 Å². The molecule has 0 radical (unpaired) electrons. The molecular formula is C26H28FN5O3. The van der Waals surface area contributed by atoms with Gasteiger partial charge >= 0.3 is 0 Å². The molecule has 182 valence electrons. The Morgan fingerprint density at radius 3 is 2.69 bits per heavy atom. The molecule has 8 nitrogen and oxygen atoms in total. The topological polar surface area (TPSA) is 83.3 Å². The van der Waals surface area contributed by atoms with Crippen LogP contribution in [-0.2, 0) is 14.2 Å². The van der Waals surface area contributed by atoms with Gasteiger partial charge in [0.15, 0.2) is 29.0 Å². The van der Waals surface area contributed by atoms with Crippen LogP contribution in [0.15, 0.2) is 36.9 Å². The van der Waals surface area contributed by atoms with Gasteiger partial charge in [0, 0.05) is 6.04 Å². The highest BCUT2D eigenvalue weighted by atomic mass is 19.1. The highest BCUT2D eigenvalue weighted by Gasteiger charge is 2.56. The summed E-state index contributed by atoms with van der Waals surface area (Å²) in [4.78, 5) is 13.6. The summed E-state index contributed by atoms with van der Waals surface area (Å²) in [5.41, 5.74) is 1.66. The second-order valence-electron chi connectivity index (χ2n) is 9.79. The zero-order valence-electron chi connectivity index (χ0n) is 19.8. The SMILES string of the molecule is CC1(C)OC2C(C#Cc3ccccc3F)OC(n3cnc4c(NC5CCCCC5)ncnc43)C2O1. The number of anilines is 1. The summed E-state index contributed by atoms with van der Waals surface area (Å²) in [6, 6.07) is 6.81. The lowest BCUT2D eigenvalue weighted by Crippen LogP contribution is -2.28. The number of ether oxygens (including phenoxy) is 3. The minimum absolute atomic E-state index is 0.313. The van der Waals surface area contributed by atoms with E-state index in [0.29, 0.717) is 22.8 Å². The monoisotopic (exact) mass is 477 g/mol. The van der Waals surface area contributed by atoms with Gasteiger partial charge in [-0.05, 0) is 38.8 Å². The molecule has 1 aromatic carbocycles. The Bertz CT molecular complexity index is 1290. The van der Waals surface area contributed by atoms with Crippen LogP contribution in [0.2, 0.25) is 0 Å². The highest BCUT2D eigenvalue weighted by molar-refractivity contribution is 5.82. The third-order valence-corrected chi connectivity index (χ3v) is 6.83. The fourth-order valence-corrected chi connectivity index (χ4v) is 5.21. The van der Waals surface area contributed by atoms with Crippen molar-refractivity contribution in [3.8, 4) is 11.8 Å². The second-order valence-corrected chi connectivity index (χ2v) is 9.79. The first kappa shape index (κ1) is 22.4. The first-order valence-electron chi connectivity index (χ1n) is 12.2. The summed E-state index contributed by atoms with van der Waals surface area (Å²) < 4.78 is 34.6. The molecule has 2 aliphatic heterocycles. The number of hydrogen-bond acceptors (Lipinski definition) is 7. The number of benzene rings is 1. The molecule has 3 fully saturated rings. The quantitative estimate of drug-likeness (QED) is 0.567. The van der Waals surface area contributed by atoms with Crippen LogP contribution in [-0.4, -0.2) is 49.7 Å². The maximum Gasteiger partial charge on any atom is 0.167 e. The van der Waals surface area contributed by atoms with Crippen LogP contribution in [0.4, 0.5) is 10.2 Å². The van der Waals surface area contributed by atoms with Crippen LogP contribution in [0.5, 0.6) is 0 Å². The van der Waals surface area contributed by atoms with E-state index in [9.17, 15) is 4.39 Å². The molecule has 3 aliphatic rings. The van der Waals surface area contributed by atoms with Crippen LogP contribution in [0.1, 0.15) is 57.7 Å². The number of nitrogens with one attached hydrogen (secondary N) is 1. The van der Waals surface area contributed by atoms with E-state index in [-0.39, 0.29) is 5.82 Å². The van der Waals surface area contributed by atoms with Crippen molar-refractivity contribution in [3.63, 3.8) is 0 Å². The van der Waals surface area contributed by atoms with Gasteiger partial charge in [0.25, 0.3) is 0 Å². The Morgan fingerprint density at radius 1 is 1.06 bits per heavy atom. The normalized spacial score (nSPS) is 28.0. The molecule has 2 saturated heterocycles. The highest BCUT2D eigenvalue weighted by Crippen LogP contribution is 2.43. The molecule has 1 saturated carbocycles. The summed E-state index contributed by atoms with van der Waals surface area (Å²) in [5.74, 6) is 5.53. The lowest BCUT2D eigenvalue weighted by atomic mass is 9.95. The minimum Gasteiger partial charge on any atom is -0.365 e. The zero-order valence-corrected chi connectivity index (χ0v) is 19.8. The molecule has 4 heterocycles. The molecule has 35 heavy (non-hydrogen) atoms. The molecule has 4 atom stereocenters. The Balaban J connectivity index is 1.31. The Hall–Kier alpha value is -3.06. The van der Waals surface area contributed by atoms with Crippen LogP contribution in [0.25, 0.3) is 11.2 Å². The molecule has 6 rings (SSSR count). The summed E-state index contributed by atoms with van der Waals surface area (Å²) in [6.45, 7) is 3.73. The standard InChI is InChI=1S/C26H28FN5O3/c1-26(2)34-21-19(13-12-16-8-6-7-11-18(16)27)33-25(22(21)35-26)32-15-30-20-23(28-14-29-24(20)32)31-17-9-4-3-5-10-17/h6-8,11,14-15,17,19,21-22,25H,3-5,9-10H2,1-2H3,(H,28,29,31). The van der Waals surface area contributed by atoms with Crippen LogP contribution >= 0.6 is 0 Å². The van der Waals surface area contributed by atoms with E-state index >= 15 is 0 Å². The van der Waals surface area contributed by atoms with E-state index < -0.39 is 30.3 Å². The average molecular weight is 478 g/mol. The predicted octanol–water partition coefficient (Wildman–Crippen LogP) is 4.18. The molecule has 0 amide bonds. The first-order valence-corrected chi connectivity index (χ1v) is 12.2. The Kier molecular flexibility index (Phi) is 5.67. The number of hydrogen-bond donors (Lipinski definition) is 1. The fraction of sp³-hybridized carbons (Fsp3) is 0.500. The van der Waals surface area contributed by atoms with E-state index in [1.165, 1.54) is 25.3 Å². The van der Waals surface area contributed by atoms with Crippen molar-refractivity contribution in [3.05, 3.63) is 48.3 Å². The van der Waals surface area contributed by atoms with Crippen molar-refractivity contribution in [2.75, 3.05) is 5.32 Å². The molecule has 9 heteroatoms. The number of halogens is 1. The maximum absolute atomic E-state index is 14.1. The van der Waals surface area contributed by atoms with E-state index in [0.717, 1.165) is 18.7 Å². The summed E-state index contributed by atoms with van der Waals surface area (Å²) in [6.07, 6.45) is 7.22. The fourth-order valence-electron chi connectivity index (χ4n) is 5.21. The van der Waals surface area contributed by atoms with Crippen molar-refractivity contribution in [2.24, 2.45) is 0 Å². The molecule has 2 aromatic heterocycles. The van der Waals surface area contributed by atoms with E-state index in [4.69, 9.17) is 14.2 Å². The van der Waals surface area contributed by atoms with Crippen molar-refractivity contribution in [1.29, 1.82) is 0 Å². The molecule has 0 spiro atoms. The van der Waals surface area contributed by atoms with Gasteiger partial charge in [-0.25, -0.2) is 19.3 Å². The Labute approximate surface area is 203 Å². The Morgan fingerprint density at radius 2 is 1.86 bits per heavy atom. The number of aromatic nitrogens is 4. The molecule has 1 aliphatic carbocycles. The van der Waals surface area contributed by atoms with Crippen molar-refractivity contribution in [2.45, 2.75) is 82.3 Å². The number of imidazole rings is 1. The van der Waals surface area contributed by atoms with Crippen molar-refractivity contribution >= 4 is 17.0 Å². The molecule has 4 unspecified atom stereocenters. The van der Waals surface area contributed by atoms with Gasteiger partial charge in [-0.1, -0.05) is 43.2 Å². The van der Waals surface area contributed by atoms with Gasteiger partial charge in [0.2, 0.25) is 0 Å². The van der Waals surface area contributed by atoms with Gasteiger partial charge < -0.3 is 19.5 Å². The molecule has 3 aromatic rings. The van der Waals surface area contributed by atoms with Gasteiger partial charge in [0.1, 0.15) is 30.5 Å². The smallest absolute Gasteiger partial charge is 0.167 e. The molecular weight excluding hydrogens is 449 g/mol. The maximum atomic E-state index is 14.1. The lowest BCUT2D eigenvalue weighted by Gasteiger charge is -2.24. The third-order valence-electron chi connectivity index (χ3n) is 6.83. The second kappa shape index (κ2) is 8.86. The predicted molar refractivity (Wildman–Crippen MR) is 127 cm³/mol. The van der Waals surface area contributed by atoms with E-state index in [2.05, 4.69) is 32.1 Å². The summed E-state index contributed by atoms with van der Waals surface area (Å²) in [5, 5.41) is 3.56. The van der Waals surface area contributed by atoms with Crippen LogP contribution in [0.3, 0.4) is 0 Å². The van der Waals surface area contributed by atoms with Gasteiger partial charge in [-0.15, -0.1) is 0 Å². The number of nitrogens with zero attached hydrogens (tertiary/aromatic N) is 4. The number of rotatable bonds is 3. The number of fused-ring (bicyclic) bond motifs is 2. The van der Waals surface area contributed by atoms with Gasteiger partial charge in [-0.3, -0.25) is 4.57 Å². The van der Waals surface area contributed by atoms with Crippen LogP contribution < -0.4 is 5.32 Å². The van der Waals surface area contributed by atoms with Crippen LogP contribution in [0, 0.1) is 17.7 Å². The minimum atomic E-state index is -0.797. The zero-order chi connectivity index (χ0) is 24.0. The summed E-state index contributed by atoms with van der Waals surface area (Å²) >= 11 is 0. The lowest BCUT2D eigenvalue weighted by molar-refractivity contribution is -0.190. The third kappa shape index (κ3) is 4.27. The first-order chi connectivity index (χ1) is 17.0. The molecule has 1 N–H and O–H groups in total. The average Bonchev–Trinajstić information content (AvgIpc) is 3.51. The van der Waals surface area contributed by atoms with Crippen molar-refractivity contribution < 1.29 is 18.6 Å². The van der Waals surface area contributed by atoms with E-state index in [1.807, 2.05) is 18.4 Å². The van der Waals surface area contributed by atoms with Gasteiger partial charge in [0.05, 0.1) is 11.9 Å².